The Hall–Kier alpha value is -2.91. The summed E-state index contributed by atoms with van der Waals surface area (Å²) in [5.41, 5.74) is 4.69. The Morgan fingerprint density at radius 1 is 1.31 bits per heavy atom. The van der Waals surface area contributed by atoms with Crippen LogP contribution in [0.15, 0.2) is 47.6 Å². The van der Waals surface area contributed by atoms with Crippen molar-refractivity contribution < 1.29 is 4.79 Å². The molecule has 2 aromatic heterocycles. The first-order valence-corrected chi connectivity index (χ1v) is 12.1. The number of benzene rings is 1. The van der Waals surface area contributed by atoms with Crippen LogP contribution in [0.2, 0.25) is 0 Å². The molecule has 1 aliphatic carbocycles. The first kappa shape index (κ1) is 22.3. The van der Waals surface area contributed by atoms with E-state index in [0.717, 1.165) is 48.0 Å². The third-order valence-corrected chi connectivity index (χ3v) is 7.74. The summed E-state index contributed by atoms with van der Waals surface area (Å²) < 4.78 is 0. The van der Waals surface area contributed by atoms with Crippen LogP contribution in [-0.2, 0) is 17.6 Å². The van der Waals surface area contributed by atoms with E-state index in [1.807, 2.05) is 36.4 Å². The molecular weight excluding hydrogens is 416 g/mol. The zero-order chi connectivity index (χ0) is 22.7. The van der Waals surface area contributed by atoms with E-state index >= 15 is 0 Å². The highest BCUT2D eigenvalue weighted by Crippen LogP contribution is 2.40. The van der Waals surface area contributed by atoms with Crippen molar-refractivity contribution in [3.63, 3.8) is 0 Å². The second-order valence-corrected chi connectivity index (χ2v) is 10.0. The van der Waals surface area contributed by atoms with Gasteiger partial charge in [-0.15, -0.1) is 0 Å². The number of hydrogen-bond donors (Lipinski definition) is 1. The summed E-state index contributed by atoms with van der Waals surface area (Å²) >= 11 is 1.33. The van der Waals surface area contributed by atoms with Crippen molar-refractivity contribution in [3.8, 4) is 6.07 Å². The van der Waals surface area contributed by atoms with Gasteiger partial charge in [0.2, 0.25) is 5.91 Å². The molecule has 0 saturated carbocycles. The van der Waals surface area contributed by atoms with E-state index < -0.39 is 0 Å². The van der Waals surface area contributed by atoms with Gasteiger partial charge in [0.25, 0.3) is 0 Å². The molecule has 0 bridgehead atoms. The van der Waals surface area contributed by atoms with Gasteiger partial charge in [0.15, 0.2) is 0 Å². The van der Waals surface area contributed by atoms with Crippen LogP contribution in [0.25, 0.3) is 10.9 Å². The number of pyridine rings is 2. The van der Waals surface area contributed by atoms with Crippen LogP contribution in [0.5, 0.6) is 0 Å². The minimum atomic E-state index is -0.125. The zero-order valence-corrected chi connectivity index (χ0v) is 19.6. The lowest BCUT2D eigenvalue weighted by atomic mass is 9.69. The molecule has 1 aromatic carbocycles. The SMILES string of the molecule is CCC(C)(C)C1CCc2nc(SCC(=O)Nc3cccc4ncccc34)c(C#N)cc2C1. The maximum atomic E-state index is 12.6. The van der Waals surface area contributed by atoms with E-state index in [-0.39, 0.29) is 17.1 Å². The molecule has 0 saturated heterocycles. The van der Waals surface area contributed by atoms with Crippen molar-refractivity contribution in [1.82, 2.24) is 9.97 Å². The van der Waals surface area contributed by atoms with Gasteiger partial charge in [0.05, 0.1) is 22.5 Å². The van der Waals surface area contributed by atoms with E-state index in [0.29, 0.717) is 16.5 Å². The van der Waals surface area contributed by atoms with Crippen molar-refractivity contribution in [2.75, 3.05) is 11.1 Å². The van der Waals surface area contributed by atoms with Gasteiger partial charge < -0.3 is 5.32 Å². The second-order valence-electron chi connectivity index (χ2n) is 9.05. The summed E-state index contributed by atoms with van der Waals surface area (Å²) in [6, 6.07) is 13.8. The molecule has 0 radical (unpaired) electrons. The summed E-state index contributed by atoms with van der Waals surface area (Å²) in [6.45, 7) is 6.90. The van der Waals surface area contributed by atoms with Crippen LogP contribution in [0.3, 0.4) is 0 Å². The van der Waals surface area contributed by atoms with Crippen molar-refractivity contribution in [3.05, 3.63) is 59.4 Å². The molecule has 5 nitrogen and oxygen atoms in total. The number of amides is 1. The number of aromatic nitrogens is 2. The van der Waals surface area contributed by atoms with Crippen LogP contribution >= 0.6 is 11.8 Å². The van der Waals surface area contributed by atoms with Crippen LogP contribution in [0.4, 0.5) is 5.69 Å². The Morgan fingerprint density at radius 3 is 2.94 bits per heavy atom. The number of nitrogens with one attached hydrogen (secondary N) is 1. The molecule has 1 atom stereocenters. The van der Waals surface area contributed by atoms with Crippen LogP contribution < -0.4 is 5.32 Å². The molecule has 0 aliphatic heterocycles. The third kappa shape index (κ3) is 4.63. The van der Waals surface area contributed by atoms with Gasteiger partial charge >= 0.3 is 0 Å². The van der Waals surface area contributed by atoms with Crippen LogP contribution in [0, 0.1) is 22.7 Å². The van der Waals surface area contributed by atoms with E-state index in [4.69, 9.17) is 4.98 Å². The molecule has 3 aromatic rings. The zero-order valence-electron chi connectivity index (χ0n) is 18.8. The highest BCUT2D eigenvalue weighted by molar-refractivity contribution is 8.00. The topological polar surface area (TPSA) is 78.7 Å². The lowest BCUT2D eigenvalue weighted by molar-refractivity contribution is -0.113. The minimum absolute atomic E-state index is 0.125. The van der Waals surface area contributed by atoms with Crippen molar-refractivity contribution in [2.24, 2.45) is 11.3 Å². The smallest absolute Gasteiger partial charge is 0.234 e. The molecule has 0 spiro atoms. The maximum absolute atomic E-state index is 12.6. The van der Waals surface area contributed by atoms with Crippen molar-refractivity contribution in [1.29, 1.82) is 5.26 Å². The molecule has 1 unspecified atom stereocenters. The lowest BCUT2D eigenvalue weighted by Gasteiger charge is -2.37. The summed E-state index contributed by atoms with van der Waals surface area (Å²) in [5, 5.41) is 14.2. The standard InChI is InChI=1S/C26H28N4OS/c1-4-26(2,3)19-10-11-21-17(14-19)13-18(15-27)25(30-21)32-16-24(31)29-23-9-5-8-22-20(23)7-6-12-28-22/h5-9,12-13,19H,4,10-11,14,16H2,1-3H3,(H,29,31). The Bertz CT molecular complexity index is 1190. The average Bonchev–Trinajstić information content (AvgIpc) is 2.82. The number of carbonyl (C=O) groups excluding carboxylic acids is 1. The van der Waals surface area contributed by atoms with Crippen LogP contribution in [-0.4, -0.2) is 21.6 Å². The predicted molar refractivity (Wildman–Crippen MR) is 130 cm³/mol. The Morgan fingerprint density at radius 2 is 2.16 bits per heavy atom. The fraction of sp³-hybridized carbons (Fsp3) is 0.385. The van der Waals surface area contributed by atoms with E-state index in [9.17, 15) is 10.1 Å². The van der Waals surface area contributed by atoms with Gasteiger partial charge in [-0.25, -0.2) is 4.98 Å². The van der Waals surface area contributed by atoms with E-state index in [1.165, 1.54) is 17.3 Å². The average molecular weight is 445 g/mol. The summed E-state index contributed by atoms with van der Waals surface area (Å²) in [6.07, 6.45) is 5.89. The third-order valence-electron chi connectivity index (χ3n) is 6.75. The molecule has 1 amide bonds. The molecule has 1 N–H and O–H groups in total. The van der Waals surface area contributed by atoms with Gasteiger partial charge in [-0.3, -0.25) is 9.78 Å². The lowest BCUT2D eigenvalue weighted by Crippen LogP contribution is -2.29. The van der Waals surface area contributed by atoms with E-state index in [2.05, 4.69) is 37.1 Å². The van der Waals surface area contributed by atoms with Gasteiger partial charge in [-0.1, -0.05) is 45.0 Å². The predicted octanol–water partition coefficient (Wildman–Crippen LogP) is 5.77. The highest BCUT2D eigenvalue weighted by atomic mass is 32.2. The molecule has 0 fully saturated rings. The van der Waals surface area contributed by atoms with Gasteiger partial charge in [0, 0.05) is 17.3 Å². The first-order chi connectivity index (χ1) is 15.4. The number of carbonyl (C=O) groups is 1. The van der Waals surface area contributed by atoms with Gasteiger partial charge in [-0.05, 0) is 66.5 Å². The van der Waals surface area contributed by atoms with Gasteiger partial charge in [0.1, 0.15) is 11.1 Å². The summed E-state index contributed by atoms with van der Waals surface area (Å²) in [4.78, 5) is 21.8. The number of fused-ring (bicyclic) bond motifs is 2. The number of nitriles is 1. The largest absolute Gasteiger partial charge is 0.325 e. The number of rotatable bonds is 6. The Kier molecular flexibility index (Phi) is 6.48. The molecular formula is C26H28N4OS. The fourth-order valence-electron chi connectivity index (χ4n) is 4.32. The van der Waals surface area contributed by atoms with Gasteiger partial charge in [-0.2, -0.15) is 5.26 Å². The first-order valence-electron chi connectivity index (χ1n) is 11.1. The minimum Gasteiger partial charge on any atom is -0.325 e. The summed E-state index contributed by atoms with van der Waals surface area (Å²) in [5.74, 6) is 0.676. The van der Waals surface area contributed by atoms with Crippen molar-refractivity contribution >= 4 is 34.3 Å². The maximum Gasteiger partial charge on any atom is 0.234 e. The molecule has 6 heteroatoms. The number of aryl methyl sites for hydroxylation is 1. The number of nitrogens with zero attached hydrogens (tertiary/aromatic N) is 3. The molecule has 32 heavy (non-hydrogen) atoms. The molecule has 1 aliphatic rings. The second kappa shape index (κ2) is 9.30. The molecule has 4 rings (SSSR count). The molecule has 164 valence electrons. The number of thioether (sulfide) groups is 1. The normalized spacial score (nSPS) is 15.8. The van der Waals surface area contributed by atoms with Crippen LogP contribution in [0.1, 0.15) is 50.4 Å². The Balaban J connectivity index is 1.47. The highest BCUT2D eigenvalue weighted by Gasteiger charge is 2.32. The van der Waals surface area contributed by atoms with E-state index in [1.54, 1.807) is 6.20 Å². The number of hydrogen-bond acceptors (Lipinski definition) is 5. The quantitative estimate of drug-likeness (QED) is 0.488. The fourth-order valence-corrected chi connectivity index (χ4v) is 5.10. The molecule has 2 heterocycles. The summed E-state index contributed by atoms with van der Waals surface area (Å²) in [7, 11) is 0. The Labute approximate surface area is 193 Å². The number of anilines is 1. The van der Waals surface area contributed by atoms with Crippen molar-refractivity contribution in [2.45, 2.75) is 51.5 Å². The monoisotopic (exact) mass is 444 g/mol.